The molecule has 4 heteroatoms. The van der Waals surface area contributed by atoms with Crippen molar-refractivity contribution < 1.29 is 14.3 Å². The Morgan fingerprint density at radius 3 is 2.77 bits per heavy atom. The Labute approximate surface area is 74.3 Å². The summed E-state index contributed by atoms with van der Waals surface area (Å²) < 4.78 is 12.5. The highest BCUT2D eigenvalue weighted by molar-refractivity contribution is 5.90. The number of primary amides is 1. The number of nitrogens with two attached hydrogens (primary N) is 1. The second kappa shape index (κ2) is 3.71. The van der Waals surface area contributed by atoms with Crippen molar-refractivity contribution in [3.05, 3.63) is 35.7 Å². The van der Waals surface area contributed by atoms with Crippen LogP contribution in [0.5, 0.6) is 5.75 Å². The predicted molar refractivity (Wildman–Crippen MR) is 46.3 cm³/mol. The molecule has 1 aromatic rings. The maximum Gasteiger partial charge on any atom is 0.241 e. The number of hydrogen-bond donors (Lipinski definition) is 2. The number of phenols is 1. The van der Waals surface area contributed by atoms with E-state index in [1.807, 2.05) is 0 Å². The zero-order chi connectivity index (χ0) is 9.84. The van der Waals surface area contributed by atoms with Crippen LogP contribution in [0.25, 0.3) is 6.08 Å². The molecule has 0 aliphatic carbocycles. The van der Waals surface area contributed by atoms with E-state index >= 15 is 0 Å². The molecule has 0 aromatic heterocycles. The quantitative estimate of drug-likeness (QED) is 0.669. The number of aromatic hydroxyl groups is 1. The fourth-order valence-electron chi connectivity index (χ4n) is 0.812. The molecule has 3 N–H and O–H groups in total. The Balaban J connectivity index is 2.92. The maximum absolute atomic E-state index is 12.5. The van der Waals surface area contributed by atoms with Crippen molar-refractivity contribution in [2.24, 2.45) is 5.73 Å². The summed E-state index contributed by atoms with van der Waals surface area (Å²) in [5.41, 5.74) is 5.36. The number of phenolic OH excluding ortho intramolecular Hbond substituents is 1. The van der Waals surface area contributed by atoms with E-state index in [2.05, 4.69) is 0 Å². The van der Waals surface area contributed by atoms with Crippen LogP contribution in [0.15, 0.2) is 24.3 Å². The fourth-order valence-corrected chi connectivity index (χ4v) is 0.812. The number of halogens is 1. The van der Waals surface area contributed by atoms with Gasteiger partial charge in [-0.3, -0.25) is 4.79 Å². The maximum atomic E-state index is 12.5. The summed E-state index contributed by atoms with van der Waals surface area (Å²) in [6.45, 7) is 0. The summed E-state index contributed by atoms with van der Waals surface area (Å²) >= 11 is 0. The van der Waals surface area contributed by atoms with Gasteiger partial charge in [-0.15, -0.1) is 0 Å². The zero-order valence-corrected chi connectivity index (χ0v) is 6.70. The van der Waals surface area contributed by atoms with Crippen LogP contribution < -0.4 is 5.73 Å². The number of hydrogen-bond acceptors (Lipinski definition) is 2. The smallest absolute Gasteiger partial charge is 0.241 e. The summed E-state index contributed by atoms with van der Waals surface area (Å²) in [6, 6.07) is 3.74. The van der Waals surface area contributed by atoms with E-state index in [0.717, 1.165) is 12.1 Å². The first-order chi connectivity index (χ1) is 6.09. The van der Waals surface area contributed by atoms with E-state index in [1.165, 1.54) is 18.2 Å². The molecule has 68 valence electrons. The van der Waals surface area contributed by atoms with Crippen LogP contribution >= 0.6 is 0 Å². The van der Waals surface area contributed by atoms with Crippen LogP contribution in [0.3, 0.4) is 0 Å². The minimum absolute atomic E-state index is 0.452. The van der Waals surface area contributed by atoms with Gasteiger partial charge in [0.25, 0.3) is 0 Å². The molecule has 1 amide bonds. The van der Waals surface area contributed by atoms with Crippen molar-refractivity contribution in [1.82, 2.24) is 0 Å². The normalized spacial score (nSPS) is 10.5. The Hall–Kier alpha value is -1.84. The van der Waals surface area contributed by atoms with E-state index in [0.29, 0.717) is 5.56 Å². The lowest BCUT2D eigenvalue weighted by Crippen LogP contribution is -2.05. The van der Waals surface area contributed by atoms with Crippen molar-refractivity contribution in [1.29, 1.82) is 0 Å². The number of carbonyl (C=O) groups is 1. The van der Waals surface area contributed by atoms with Gasteiger partial charge in [0.2, 0.25) is 5.91 Å². The molecule has 0 aliphatic heterocycles. The van der Waals surface area contributed by atoms with Crippen LogP contribution in [0, 0.1) is 5.82 Å². The SMILES string of the molecule is NC(=O)C=Cc1ccc(F)c(O)c1. The first-order valence-corrected chi connectivity index (χ1v) is 3.55. The molecule has 0 atom stereocenters. The lowest BCUT2D eigenvalue weighted by molar-refractivity contribution is -0.113. The number of rotatable bonds is 2. The number of benzene rings is 1. The van der Waals surface area contributed by atoms with E-state index in [4.69, 9.17) is 10.8 Å². The van der Waals surface area contributed by atoms with Crippen LogP contribution in [-0.4, -0.2) is 11.0 Å². The van der Waals surface area contributed by atoms with Gasteiger partial charge in [-0.05, 0) is 23.8 Å². The van der Waals surface area contributed by atoms with Crippen molar-refractivity contribution in [3.8, 4) is 5.75 Å². The van der Waals surface area contributed by atoms with E-state index in [1.54, 1.807) is 0 Å². The lowest BCUT2D eigenvalue weighted by Gasteiger charge is -1.95. The summed E-state index contributed by atoms with van der Waals surface area (Å²) in [5, 5.41) is 8.94. The molecule has 0 spiro atoms. The van der Waals surface area contributed by atoms with Gasteiger partial charge in [-0.2, -0.15) is 0 Å². The van der Waals surface area contributed by atoms with Gasteiger partial charge in [-0.25, -0.2) is 4.39 Å². The molecular weight excluding hydrogens is 173 g/mol. The van der Waals surface area contributed by atoms with Gasteiger partial charge >= 0.3 is 0 Å². The summed E-state index contributed by atoms with van der Waals surface area (Å²) in [7, 11) is 0. The van der Waals surface area contributed by atoms with Crippen molar-refractivity contribution in [2.75, 3.05) is 0 Å². The van der Waals surface area contributed by atoms with E-state index in [-0.39, 0.29) is 0 Å². The minimum Gasteiger partial charge on any atom is -0.505 e. The molecule has 0 bridgehead atoms. The molecule has 0 radical (unpaired) electrons. The largest absolute Gasteiger partial charge is 0.505 e. The van der Waals surface area contributed by atoms with Crippen LogP contribution in [0.1, 0.15) is 5.56 Å². The average Bonchev–Trinajstić information content (AvgIpc) is 2.07. The van der Waals surface area contributed by atoms with Gasteiger partial charge in [0.15, 0.2) is 11.6 Å². The van der Waals surface area contributed by atoms with Gasteiger partial charge in [0.05, 0.1) is 0 Å². The summed E-state index contributed by atoms with van der Waals surface area (Å²) in [5.74, 6) is -1.74. The molecule has 0 unspecified atom stereocenters. The Morgan fingerprint density at radius 1 is 1.54 bits per heavy atom. The highest BCUT2D eigenvalue weighted by Crippen LogP contribution is 2.17. The average molecular weight is 181 g/mol. The summed E-state index contributed by atoms with van der Waals surface area (Å²) in [6.07, 6.45) is 2.52. The fraction of sp³-hybridized carbons (Fsp3) is 0. The molecule has 0 saturated carbocycles. The monoisotopic (exact) mass is 181 g/mol. The highest BCUT2D eigenvalue weighted by Gasteiger charge is 1.98. The van der Waals surface area contributed by atoms with Crippen LogP contribution in [0.4, 0.5) is 4.39 Å². The van der Waals surface area contributed by atoms with Crippen LogP contribution in [-0.2, 0) is 4.79 Å². The van der Waals surface area contributed by atoms with Crippen molar-refractivity contribution in [3.63, 3.8) is 0 Å². The molecule has 13 heavy (non-hydrogen) atoms. The topological polar surface area (TPSA) is 63.3 Å². The lowest BCUT2D eigenvalue weighted by atomic mass is 10.2. The van der Waals surface area contributed by atoms with Crippen molar-refractivity contribution >= 4 is 12.0 Å². The molecule has 1 aromatic carbocycles. The summed E-state index contributed by atoms with van der Waals surface area (Å²) in [4.78, 5) is 10.3. The Bertz CT molecular complexity index is 361. The van der Waals surface area contributed by atoms with E-state index in [9.17, 15) is 9.18 Å². The third-order valence-corrected chi connectivity index (χ3v) is 1.41. The molecule has 0 heterocycles. The molecule has 3 nitrogen and oxygen atoms in total. The molecule has 0 aliphatic rings. The second-order valence-corrected chi connectivity index (χ2v) is 2.45. The molecule has 0 fully saturated rings. The molecule has 0 saturated heterocycles. The predicted octanol–water partition coefficient (Wildman–Crippen LogP) is 1.03. The number of amides is 1. The molecular formula is C9H8FNO2. The molecule has 1 rings (SSSR count). The second-order valence-electron chi connectivity index (χ2n) is 2.45. The van der Waals surface area contributed by atoms with Gasteiger partial charge < -0.3 is 10.8 Å². The Morgan fingerprint density at radius 2 is 2.23 bits per heavy atom. The first kappa shape index (κ1) is 9.25. The first-order valence-electron chi connectivity index (χ1n) is 3.55. The Kier molecular flexibility index (Phi) is 2.64. The highest BCUT2D eigenvalue weighted by atomic mass is 19.1. The third kappa shape index (κ3) is 2.59. The minimum atomic E-state index is -0.698. The van der Waals surface area contributed by atoms with Crippen molar-refractivity contribution in [2.45, 2.75) is 0 Å². The van der Waals surface area contributed by atoms with Gasteiger partial charge in [0.1, 0.15) is 0 Å². The van der Waals surface area contributed by atoms with E-state index < -0.39 is 17.5 Å². The number of carbonyl (C=O) groups excluding carboxylic acids is 1. The standard InChI is InChI=1S/C9H8FNO2/c10-7-3-1-6(5-8(7)12)2-4-9(11)13/h1-5,12H,(H2,11,13). The third-order valence-electron chi connectivity index (χ3n) is 1.41. The van der Waals surface area contributed by atoms with Gasteiger partial charge in [-0.1, -0.05) is 6.07 Å². The van der Waals surface area contributed by atoms with Gasteiger partial charge in [0, 0.05) is 6.08 Å². The van der Waals surface area contributed by atoms with Crippen LogP contribution in [0.2, 0.25) is 0 Å². The zero-order valence-electron chi connectivity index (χ0n) is 6.70.